The lowest BCUT2D eigenvalue weighted by molar-refractivity contribution is -0.148. The van der Waals surface area contributed by atoms with Gasteiger partial charge in [0.05, 0.1) is 6.04 Å². The second kappa shape index (κ2) is 7.21. The molecule has 6 heteroatoms. The molecule has 2 atom stereocenters. The molecule has 132 valence electrons. The number of rotatable bonds is 4. The molecule has 1 aliphatic rings. The highest BCUT2D eigenvalue weighted by atomic mass is 16.6. The summed E-state index contributed by atoms with van der Waals surface area (Å²) < 4.78 is 10.5. The van der Waals surface area contributed by atoms with E-state index in [4.69, 9.17) is 9.47 Å². The molecule has 1 amide bonds. The van der Waals surface area contributed by atoms with Crippen LogP contribution >= 0.6 is 0 Å². The Hall–Kier alpha value is -2.08. The van der Waals surface area contributed by atoms with Gasteiger partial charge in [0.15, 0.2) is 6.10 Å². The lowest BCUT2D eigenvalue weighted by Crippen LogP contribution is -2.36. The van der Waals surface area contributed by atoms with Gasteiger partial charge in [0, 0.05) is 13.7 Å². The predicted octanol–water partition coefficient (Wildman–Crippen LogP) is 3.53. The van der Waals surface area contributed by atoms with Gasteiger partial charge < -0.3 is 19.5 Å². The fourth-order valence-electron chi connectivity index (χ4n) is 2.96. The lowest BCUT2D eigenvalue weighted by atomic mass is 9.99. The van der Waals surface area contributed by atoms with Gasteiger partial charge in [0.2, 0.25) is 0 Å². The summed E-state index contributed by atoms with van der Waals surface area (Å²) in [6, 6.07) is 7.12. The number of likely N-dealkylation sites (tertiary alicyclic amines) is 1. The molecule has 1 N–H and O–H groups in total. The Bertz CT molecular complexity index is 608. The van der Waals surface area contributed by atoms with E-state index in [2.05, 4.69) is 0 Å². The molecule has 0 aromatic heterocycles. The number of methoxy groups -OCH3 is 1. The van der Waals surface area contributed by atoms with Crippen LogP contribution in [0.5, 0.6) is 0 Å². The summed E-state index contributed by atoms with van der Waals surface area (Å²) in [6.45, 7) is 6.16. The number of amides is 1. The number of aliphatic carboxylic acids is 1. The van der Waals surface area contributed by atoms with E-state index in [-0.39, 0.29) is 12.1 Å². The highest BCUT2D eigenvalue weighted by molar-refractivity contribution is 5.74. The fraction of sp³-hybridized carbons (Fsp3) is 0.556. The molecule has 1 aromatic rings. The highest BCUT2D eigenvalue weighted by Gasteiger charge is 2.33. The first-order valence-corrected chi connectivity index (χ1v) is 8.08. The van der Waals surface area contributed by atoms with Crippen molar-refractivity contribution in [1.82, 2.24) is 4.90 Å². The van der Waals surface area contributed by atoms with Gasteiger partial charge in [-0.25, -0.2) is 9.59 Å². The van der Waals surface area contributed by atoms with Crippen LogP contribution in [0.4, 0.5) is 4.79 Å². The third-order valence-electron chi connectivity index (χ3n) is 3.94. The molecule has 0 radical (unpaired) electrons. The molecular formula is C18H25NO5. The first kappa shape index (κ1) is 18.3. The Labute approximate surface area is 142 Å². The number of nitrogens with zero attached hydrogens (tertiary/aromatic N) is 1. The SMILES string of the molecule is COC(C(=O)O)c1cccc([C@@H]2CCCN2C(=O)OC(C)(C)C)c1. The Morgan fingerprint density at radius 3 is 2.62 bits per heavy atom. The zero-order chi connectivity index (χ0) is 17.9. The molecule has 1 saturated heterocycles. The summed E-state index contributed by atoms with van der Waals surface area (Å²) in [7, 11) is 1.37. The molecule has 2 rings (SSSR count). The van der Waals surface area contributed by atoms with Crippen LogP contribution < -0.4 is 0 Å². The molecule has 1 fully saturated rings. The number of ether oxygens (including phenoxy) is 2. The standard InChI is InChI=1S/C18H25NO5/c1-18(2,3)24-17(22)19-10-6-9-14(19)12-7-5-8-13(11-12)15(23-4)16(20)21/h5,7-8,11,14-15H,6,9-10H2,1-4H3,(H,20,21)/t14-,15?/m0/s1. The number of hydrogen-bond donors (Lipinski definition) is 1. The number of carbonyl (C=O) groups excluding carboxylic acids is 1. The molecule has 0 spiro atoms. The summed E-state index contributed by atoms with van der Waals surface area (Å²) in [5.41, 5.74) is 0.925. The van der Waals surface area contributed by atoms with E-state index in [1.54, 1.807) is 23.1 Å². The highest BCUT2D eigenvalue weighted by Crippen LogP contribution is 2.34. The van der Waals surface area contributed by atoms with Gasteiger partial charge in [-0.2, -0.15) is 0 Å². The zero-order valence-electron chi connectivity index (χ0n) is 14.6. The number of carboxylic acid groups (broad SMARTS) is 1. The van der Waals surface area contributed by atoms with Crippen LogP contribution in [0, 0.1) is 0 Å². The van der Waals surface area contributed by atoms with Gasteiger partial charge in [-0.15, -0.1) is 0 Å². The van der Waals surface area contributed by atoms with Crippen molar-refractivity contribution >= 4 is 12.1 Å². The summed E-state index contributed by atoms with van der Waals surface area (Å²) in [6.07, 6.45) is 0.368. The molecule has 1 aromatic carbocycles. The molecule has 0 bridgehead atoms. The Morgan fingerprint density at radius 1 is 1.33 bits per heavy atom. The quantitative estimate of drug-likeness (QED) is 0.911. The van der Waals surface area contributed by atoms with Crippen molar-refractivity contribution in [2.75, 3.05) is 13.7 Å². The van der Waals surface area contributed by atoms with E-state index < -0.39 is 17.7 Å². The predicted molar refractivity (Wildman–Crippen MR) is 88.7 cm³/mol. The van der Waals surface area contributed by atoms with E-state index in [0.717, 1.165) is 18.4 Å². The van der Waals surface area contributed by atoms with Crippen molar-refractivity contribution in [3.63, 3.8) is 0 Å². The van der Waals surface area contributed by atoms with Crippen LogP contribution in [0.1, 0.15) is 56.9 Å². The van der Waals surface area contributed by atoms with Gasteiger partial charge in [-0.1, -0.05) is 24.3 Å². The van der Waals surface area contributed by atoms with Crippen LogP contribution in [-0.4, -0.2) is 41.3 Å². The summed E-state index contributed by atoms with van der Waals surface area (Å²) in [5.74, 6) is -1.04. The molecule has 1 unspecified atom stereocenters. The van der Waals surface area contributed by atoms with Crippen LogP contribution in [0.25, 0.3) is 0 Å². The normalized spacial score (nSPS) is 19.2. The topological polar surface area (TPSA) is 76.1 Å². The average Bonchev–Trinajstić information content (AvgIpc) is 2.95. The van der Waals surface area contributed by atoms with Gasteiger partial charge in [-0.3, -0.25) is 0 Å². The molecule has 6 nitrogen and oxygen atoms in total. The Morgan fingerprint density at radius 2 is 2.04 bits per heavy atom. The molecule has 1 aliphatic heterocycles. The second-order valence-corrected chi connectivity index (χ2v) is 6.96. The molecule has 1 heterocycles. The van der Waals surface area contributed by atoms with E-state index >= 15 is 0 Å². The third-order valence-corrected chi connectivity index (χ3v) is 3.94. The zero-order valence-corrected chi connectivity index (χ0v) is 14.6. The van der Waals surface area contributed by atoms with Crippen molar-refractivity contribution in [1.29, 1.82) is 0 Å². The molecular weight excluding hydrogens is 310 g/mol. The molecule has 0 aliphatic carbocycles. The van der Waals surface area contributed by atoms with Crippen molar-refractivity contribution in [2.45, 2.75) is 51.4 Å². The second-order valence-electron chi connectivity index (χ2n) is 6.96. The van der Waals surface area contributed by atoms with E-state index in [1.165, 1.54) is 7.11 Å². The van der Waals surface area contributed by atoms with Gasteiger partial charge in [0.25, 0.3) is 0 Å². The van der Waals surface area contributed by atoms with Gasteiger partial charge >= 0.3 is 12.1 Å². The van der Waals surface area contributed by atoms with Crippen molar-refractivity contribution < 1.29 is 24.2 Å². The Kier molecular flexibility index (Phi) is 5.49. The average molecular weight is 335 g/mol. The van der Waals surface area contributed by atoms with Crippen LogP contribution in [0.15, 0.2) is 24.3 Å². The Balaban J connectivity index is 2.24. The minimum atomic E-state index is -1.04. The van der Waals surface area contributed by atoms with Crippen molar-refractivity contribution in [2.24, 2.45) is 0 Å². The first-order valence-electron chi connectivity index (χ1n) is 8.08. The lowest BCUT2D eigenvalue weighted by Gasteiger charge is -2.29. The van der Waals surface area contributed by atoms with E-state index in [1.807, 2.05) is 26.8 Å². The maximum Gasteiger partial charge on any atom is 0.410 e. The monoisotopic (exact) mass is 335 g/mol. The maximum absolute atomic E-state index is 12.4. The number of hydrogen-bond acceptors (Lipinski definition) is 4. The van der Waals surface area contributed by atoms with Gasteiger partial charge in [0.1, 0.15) is 5.60 Å². The van der Waals surface area contributed by atoms with Crippen LogP contribution in [0.3, 0.4) is 0 Å². The van der Waals surface area contributed by atoms with E-state index in [0.29, 0.717) is 12.1 Å². The number of carboxylic acids is 1. The van der Waals surface area contributed by atoms with Crippen molar-refractivity contribution in [3.8, 4) is 0 Å². The summed E-state index contributed by atoms with van der Waals surface area (Å²) >= 11 is 0. The molecule has 24 heavy (non-hydrogen) atoms. The minimum absolute atomic E-state index is 0.105. The van der Waals surface area contributed by atoms with Crippen LogP contribution in [0.2, 0.25) is 0 Å². The van der Waals surface area contributed by atoms with Crippen LogP contribution in [-0.2, 0) is 14.3 Å². The largest absolute Gasteiger partial charge is 0.479 e. The number of carbonyl (C=O) groups is 2. The summed E-state index contributed by atoms with van der Waals surface area (Å²) in [5, 5.41) is 9.24. The maximum atomic E-state index is 12.4. The van der Waals surface area contributed by atoms with E-state index in [9.17, 15) is 14.7 Å². The van der Waals surface area contributed by atoms with Gasteiger partial charge in [-0.05, 0) is 44.7 Å². The first-order chi connectivity index (χ1) is 11.2. The third kappa shape index (κ3) is 4.26. The molecule has 0 saturated carbocycles. The fourth-order valence-corrected chi connectivity index (χ4v) is 2.96. The number of benzene rings is 1. The smallest absolute Gasteiger partial charge is 0.410 e. The van der Waals surface area contributed by atoms with Crippen molar-refractivity contribution in [3.05, 3.63) is 35.4 Å². The summed E-state index contributed by atoms with van der Waals surface area (Å²) in [4.78, 5) is 25.4. The minimum Gasteiger partial charge on any atom is -0.479 e.